The molecule has 0 saturated carbocycles. The summed E-state index contributed by atoms with van der Waals surface area (Å²) in [5, 5.41) is 58.5. The molecule has 0 amide bonds. The predicted molar refractivity (Wildman–Crippen MR) is 161 cm³/mol. The number of H-pyrrole nitrogens is 6. The van der Waals surface area contributed by atoms with Gasteiger partial charge in [-0.15, -0.1) is 0 Å². The number of carboxylic acids is 6. The van der Waals surface area contributed by atoms with Gasteiger partial charge in [0.2, 0.25) is 0 Å². The molecule has 0 spiro atoms. The van der Waals surface area contributed by atoms with Crippen LogP contribution in [0.3, 0.4) is 0 Å². The summed E-state index contributed by atoms with van der Waals surface area (Å²) in [6.45, 7) is 0. The van der Waals surface area contributed by atoms with Crippen molar-refractivity contribution in [3.8, 4) is 56.9 Å². The lowest BCUT2D eigenvalue weighted by Gasteiger charge is -2.00. The molecule has 0 atom stereocenters. The third-order valence-electron chi connectivity index (χ3n) is 7.45. The fraction of sp³-hybridized carbons (Fsp3) is 0. The molecule has 0 aliphatic heterocycles. The summed E-state index contributed by atoms with van der Waals surface area (Å²) in [5.41, 5.74) is -2.30. The third kappa shape index (κ3) is 5.05. The molecule has 0 radical (unpaired) electrons. The van der Waals surface area contributed by atoms with Crippen molar-refractivity contribution in [1.29, 1.82) is 0 Å². The Kier molecular flexibility index (Phi) is 7.08. The van der Waals surface area contributed by atoms with Gasteiger partial charge >= 0.3 is 35.8 Å². The van der Waals surface area contributed by atoms with Crippen molar-refractivity contribution in [3.63, 3.8) is 0 Å². The van der Waals surface area contributed by atoms with Gasteiger partial charge in [0.1, 0.15) is 0 Å². The number of carbonyl (C=O) groups is 6. The fourth-order valence-corrected chi connectivity index (χ4v) is 5.31. The Hall–Kier alpha value is -7.50. The topological polar surface area (TPSA) is 319 Å². The minimum Gasteiger partial charge on any atom is -0.478 e. The second kappa shape index (κ2) is 11.1. The maximum absolute atomic E-state index is 12.3. The van der Waals surface area contributed by atoms with Crippen molar-refractivity contribution in [2.45, 2.75) is 0 Å². The number of aromatic carboxylic acids is 6. The summed E-state index contributed by atoms with van der Waals surface area (Å²) in [6, 6.07) is 6.93. The van der Waals surface area contributed by atoms with Gasteiger partial charge < -0.3 is 60.5 Å². The van der Waals surface area contributed by atoms with E-state index in [-0.39, 0.29) is 79.2 Å². The summed E-state index contributed by atoms with van der Waals surface area (Å²) in [5.74, 6) is -8.34. The van der Waals surface area contributed by atoms with Crippen LogP contribution in [0.4, 0.5) is 0 Å². The van der Waals surface area contributed by atoms with Gasteiger partial charge in [0.25, 0.3) is 0 Å². The largest absolute Gasteiger partial charge is 0.478 e. The first-order valence-electron chi connectivity index (χ1n) is 13.4. The number of nitrogens with one attached hydrogen (secondary N) is 6. The summed E-state index contributed by atoms with van der Waals surface area (Å²) in [4.78, 5) is 88.4. The normalized spacial score (nSPS) is 11.1. The van der Waals surface area contributed by atoms with Gasteiger partial charge in [-0.05, 0) is 36.4 Å². The molecule has 242 valence electrons. The van der Waals surface area contributed by atoms with Gasteiger partial charge in [-0.3, -0.25) is 0 Å². The lowest BCUT2D eigenvalue weighted by molar-refractivity contribution is 0.0686. The number of rotatable bonds is 11. The lowest BCUT2D eigenvalue weighted by Crippen LogP contribution is -1.97. The van der Waals surface area contributed by atoms with Crippen LogP contribution >= 0.6 is 0 Å². The fourth-order valence-electron chi connectivity index (χ4n) is 5.31. The minimum atomic E-state index is -1.47. The van der Waals surface area contributed by atoms with Crippen LogP contribution in [0.2, 0.25) is 0 Å². The number of aromatic amines is 6. The first-order chi connectivity index (χ1) is 22.7. The van der Waals surface area contributed by atoms with Crippen molar-refractivity contribution in [1.82, 2.24) is 29.9 Å². The van der Waals surface area contributed by atoms with Gasteiger partial charge in [0.15, 0.2) is 0 Å². The Morgan fingerprint density at radius 1 is 0.396 bits per heavy atom. The van der Waals surface area contributed by atoms with Gasteiger partial charge in [-0.2, -0.15) is 0 Å². The van der Waals surface area contributed by atoms with Crippen LogP contribution in [0.25, 0.3) is 56.9 Å². The summed E-state index contributed by atoms with van der Waals surface area (Å²) >= 11 is 0. The first-order valence-corrected chi connectivity index (χ1v) is 13.4. The average Bonchev–Trinajstić information content (AvgIpc) is 3.85. The van der Waals surface area contributed by atoms with Crippen molar-refractivity contribution in [2.24, 2.45) is 0 Å². The van der Waals surface area contributed by atoms with Gasteiger partial charge in [0, 0.05) is 12.4 Å². The second-order valence-electron chi connectivity index (χ2n) is 10.3. The highest BCUT2D eigenvalue weighted by atomic mass is 16.4. The van der Waals surface area contributed by atoms with E-state index >= 15 is 0 Å². The highest BCUT2D eigenvalue weighted by molar-refractivity contribution is 6.04. The van der Waals surface area contributed by atoms with E-state index in [9.17, 15) is 59.4 Å². The van der Waals surface area contributed by atoms with E-state index in [0.717, 1.165) is 24.4 Å². The van der Waals surface area contributed by atoms with Crippen molar-refractivity contribution >= 4 is 35.8 Å². The molecule has 12 N–H and O–H groups in total. The maximum Gasteiger partial charge on any atom is 0.337 e. The predicted octanol–water partition coefficient (Wildman–Crippen LogP) is 4.18. The molecule has 6 heterocycles. The molecule has 0 bridgehead atoms. The third-order valence-corrected chi connectivity index (χ3v) is 7.45. The van der Waals surface area contributed by atoms with Crippen LogP contribution in [0.5, 0.6) is 0 Å². The van der Waals surface area contributed by atoms with Crippen LogP contribution < -0.4 is 0 Å². The summed E-state index contributed by atoms with van der Waals surface area (Å²) < 4.78 is 0. The number of aromatic nitrogens is 6. The maximum atomic E-state index is 12.3. The molecule has 0 aliphatic rings. The number of carboxylic acid groups (broad SMARTS) is 6. The summed E-state index contributed by atoms with van der Waals surface area (Å²) in [7, 11) is 0. The second-order valence-corrected chi connectivity index (χ2v) is 10.3. The van der Waals surface area contributed by atoms with Gasteiger partial charge in [-0.25, -0.2) is 28.8 Å². The minimum absolute atomic E-state index is 0.0523. The van der Waals surface area contributed by atoms with Crippen molar-refractivity contribution in [2.75, 3.05) is 0 Å². The quantitative estimate of drug-likeness (QED) is 0.0934. The lowest BCUT2D eigenvalue weighted by atomic mass is 10.1. The highest BCUT2D eigenvalue weighted by Gasteiger charge is 2.28. The molecule has 6 aromatic heterocycles. The zero-order valence-corrected chi connectivity index (χ0v) is 23.8. The highest BCUT2D eigenvalue weighted by Crippen LogP contribution is 2.37. The van der Waals surface area contributed by atoms with E-state index in [4.69, 9.17) is 0 Å². The smallest absolute Gasteiger partial charge is 0.337 e. The van der Waals surface area contributed by atoms with Crippen LogP contribution in [0.1, 0.15) is 62.1 Å². The number of hydrogen-bond donors (Lipinski definition) is 12. The zero-order chi connectivity index (χ0) is 34.6. The van der Waals surface area contributed by atoms with Crippen LogP contribution in [0.15, 0.2) is 48.8 Å². The molecule has 48 heavy (non-hydrogen) atoms. The monoisotopic (exact) mass is 656 g/mol. The van der Waals surface area contributed by atoms with E-state index in [0.29, 0.717) is 0 Å². The van der Waals surface area contributed by atoms with E-state index in [1.54, 1.807) is 0 Å². The first kappa shape index (κ1) is 30.5. The van der Waals surface area contributed by atoms with Crippen LogP contribution in [-0.4, -0.2) is 96.4 Å². The molecule has 0 aromatic carbocycles. The molecule has 6 rings (SSSR count). The Morgan fingerprint density at radius 2 is 0.750 bits per heavy atom. The molecule has 0 fully saturated rings. The zero-order valence-electron chi connectivity index (χ0n) is 23.8. The standard InChI is InChI=1S/C30H20N6O12/c37-25(38)9-3-15(32-8-9)21-11(27(41)42)5-17(34-21)23-13(29(45)46)7-19(36-23)24-14(30(47)48)6-18(35-24)22-12(28(43)44)4-16(33-22)20-10(26(39)40)1-2-31-20/h1-8,31-36H,(H,37,38)(H,39,40)(H,41,42)(H,43,44)(H,45,46)(H,47,48). The number of hydrogen-bond acceptors (Lipinski definition) is 6. The molecule has 0 unspecified atom stereocenters. The van der Waals surface area contributed by atoms with Crippen LogP contribution in [-0.2, 0) is 0 Å². The molecule has 0 saturated heterocycles. The Labute approximate surface area is 264 Å². The molecular formula is C30H20N6O12. The van der Waals surface area contributed by atoms with E-state index in [1.165, 1.54) is 24.4 Å². The SMILES string of the molecule is O=C(O)c1c[nH]c(-c2[nH]c(-c3[nH]c(-c4[nH]c(-c5[nH]c(-c6[nH]ccc6C(=O)O)cc5C(=O)O)cc4C(=O)O)cc3C(=O)O)cc2C(=O)O)c1. The van der Waals surface area contributed by atoms with Gasteiger partial charge in [-0.1, -0.05) is 0 Å². The molecular weight excluding hydrogens is 636 g/mol. The summed E-state index contributed by atoms with van der Waals surface area (Å²) in [6.07, 6.45) is 2.48. The Morgan fingerprint density at radius 3 is 1.08 bits per heavy atom. The van der Waals surface area contributed by atoms with Crippen LogP contribution in [0, 0.1) is 0 Å². The van der Waals surface area contributed by atoms with E-state index < -0.39 is 46.9 Å². The average molecular weight is 657 g/mol. The van der Waals surface area contributed by atoms with E-state index in [1.807, 2.05) is 0 Å². The molecule has 18 nitrogen and oxygen atoms in total. The molecule has 18 heteroatoms. The Bertz CT molecular complexity index is 2340. The van der Waals surface area contributed by atoms with E-state index in [2.05, 4.69) is 29.9 Å². The molecule has 0 aliphatic carbocycles. The van der Waals surface area contributed by atoms with Crippen molar-refractivity contribution < 1.29 is 59.4 Å². The van der Waals surface area contributed by atoms with Gasteiger partial charge in [0.05, 0.1) is 90.3 Å². The van der Waals surface area contributed by atoms with Crippen molar-refractivity contribution in [3.05, 3.63) is 82.2 Å². The Balaban J connectivity index is 1.49. The molecule has 6 aromatic rings.